The molecule has 0 aliphatic rings. The minimum atomic E-state index is -0.938. The van der Waals surface area contributed by atoms with Crippen LogP contribution in [0.15, 0.2) is 24.3 Å². The molecule has 3 N–H and O–H groups in total. The summed E-state index contributed by atoms with van der Waals surface area (Å²) in [6.45, 7) is 2.65. The lowest BCUT2D eigenvalue weighted by Gasteiger charge is -2.07. The molecule has 5 heteroatoms. The molecule has 0 aromatic heterocycles. The van der Waals surface area contributed by atoms with E-state index in [1.807, 2.05) is 31.2 Å². The first kappa shape index (κ1) is 14.9. The SMILES string of the molecule is Cc1ccc(OCCSCCC(N)C(=O)O)cc1. The average Bonchev–Trinajstić information content (AvgIpc) is 2.35. The molecule has 1 aromatic carbocycles. The first-order valence-electron chi connectivity index (χ1n) is 5.85. The van der Waals surface area contributed by atoms with Gasteiger partial charge in [0.1, 0.15) is 11.8 Å². The van der Waals surface area contributed by atoms with Gasteiger partial charge in [-0.15, -0.1) is 0 Å². The zero-order chi connectivity index (χ0) is 13.4. The van der Waals surface area contributed by atoms with Gasteiger partial charge in [0.05, 0.1) is 6.61 Å². The molecule has 0 heterocycles. The van der Waals surface area contributed by atoms with Crippen LogP contribution in [-0.4, -0.2) is 35.2 Å². The van der Waals surface area contributed by atoms with E-state index in [2.05, 4.69) is 0 Å². The molecule has 1 unspecified atom stereocenters. The Morgan fingerprint density at radius 1 is 1.39 bits per heavy atom. The number of ether oxygens (including phenoxy) is 1. The van der Waals surface area contributed by atoms with Gasteiger partial charge in [0.25, 0.3) is 0 Å². The Labute approximate surface area is 112 Å². The fraction of sp³-hybridized carbons (Fsp3) is 0.462. The van der Waals surface area contributed by atoms with Crippen molar-refractivity contribution in [1.29, 1.82) is 0 Å². The van der Waals surface area contributed by atoms with Crippen molar-refractivity contribution in [3.05, 3.63) is 29.8 Å². The number of aryl methyl sites for hydroxylation is 1. The summed E-state index contributed by atoms with van der Waals surface area (Å²) in [4.78, 5) is 10.5. The summed E-state index contributed by atoms with van der Waals surface area (Å²) in [6, 6.07) is 7.15. The molecule has 0 spiro atoms. The zero-order valence-electron chi connectivity index (χ0n) is 10.5. The number of carboxylic acids is 1. The second-order valence-corrected chi connectivity index (χ2v) is 5.23. The lowest BCUT2D eigenvalue weighted by Crippen LogP contribution is -2.30. The molecule has 0 radical (unpaired) electrons. The molecule has 0 fully saturated rings. The van der Waals surface area contributed by atoms with Crippen molar-refractivity contribution in [3.63, 3.8) is 0 Å². The van der Waals surface area contributed by atoms with E-state index in [1.165, 1.54) is 5.56 Å². The molecule has 18 heavy (non-hydrogen) atoms. The van der Waals surface area contributed by atoms with Crippen LogP contribution < -0.4 is 10.5 Å². The third kappa shape index (κ3) is 5.93. The number of hydrogen-bond donors (Lipinski definition) is 2. The molecule has 0 saturated carbocycles. The fourth-order valence-corrected chi connectivity index (χ4v) is 2.11. The predicted octanol–water partition coefficient (Wildman–Crippen LogP) is 1.91. The van der Waals surface area contributed by atoms with Crippen molar-refractivity contribution < 1.29 is 14.6 Å². The molecule has 0 amide bonds. The Kier molecular flexibility index (Phi) is 6.60. The summed E-state index contributed by atoms with van der Waals surface area (Å²) in [5.41, 5.74) is 6.60. The standard InChI is InChI=1S/C13H19NO3S/c1-10-2-4-11(5-3-10)17-7-9-18-8-6-12(14)13(15)16/h2-5,12H,6-9,14H2,1H3,(H,15,16). The number of carbonyl (C=O) groups is 1. The molecule has 0 saturated heterocycles. The van der Waals surface area contributed by atoms with Crippen molar-refractivity contribution >= 4 is 17.7 Å². The van der Waals surface area contributed by atoms with E-state index in [1.54, 1.807) is 11.8 Å². The summed E-state index contributed by atoms with van der Waals surface area (Å²) in [6.07, 6.45) is 0.491. The molecule has 100 valence electrons. The molecule has 0 aliphatic heterocycles. The number of aliphatic carboxylic acids is 1. The van der Waals surface area contributed by atoms with E-state index in [0.29, 0.717) is 13.0 Å². The highest BCUT2D eigenvalue weighted by atomic mass is 32.2. The Morgan fingerprint density at radius 2 is 2.06 bits per heavy atom. The zero-order valence-corrected chi connectivity index (χ0v) is 11.3. The lowest BCUT2D eigenvalue weighted by molar-refractivity contribution is -0.138. The Balaban J connectivity index is 2.05. The van der Waals surface area contributed by atoms with Gasteiger partial charge in [-0.3, -0.25) is 4.79 Å². The van der Waals surface area contributed by atoms with Gasteiger partial charge in [-0.2, -0.15) is 11.8 Å². The van der Waals surface area contributed by atoms with Crippen molar-refractivity contribution in [2.45, 2.75) is 19.4 Å². The number of nitrogens with two attached hydrogens (primary N) is 1. The van der Waals surface area contributed by atoms with E-state index >= 15 is 0 Å². The fourth-order valence-electron chi connectivity index (χ4n) is 1.29. The Morgan fingerprint density at radius 3 is 2.67 bits per heavy atom. The normalized spacial score (nSPS) is 12.1. The van der Waals surface area contributed by atoms with Gasteiger partial charge in [0.15, 0.2) is 0 Å². The second-order valence-electron chi connectivity index (χ2n) is 4.01. The molecule has 4 nitrogen and oxygen atoms in total. The van der Waals surface area contributed by atoms with Gasteiger partial charge in [0.2, 0.25) is 0 Å². The number of benzene rings is 1. The molecule has 0 aliphatic carbocycles. The van der Waals surface area contributed by atoms with Crippen LogP contribution in [0.5, 0.6) is 5.75 Å². The van der Waals surface area contributed by atoms with Gasteiger partial charge in [-0.25, -0.2) is 0 Å². The maximum atomic E-state index is 10.5. The average molecular weight is 269 g/mol. The number of rotatable bonds is 8. The summed E-state index contributed by atoms with van der Waals surface area (Å²) < 4.78 is 5.55. The molecule has 1 rings (SSSR count). The van der Waals surface area contributed by atoms with Crippen LogP contribution in [0.3, 0.4) is 0 Å². The predicted molar refractivity (Wildman–Crippen MR) is 74.2 cm³/mol. The van der Waals surface area contributed by atoms with Gasteiger partial charge in [-0.1, -0.05) is 17.7 Å². The van der Waals surface area contributed by atoms with E-state index in [0.717, 1.165) is 17.3 Å². The van der Waals surface area contributed by atoms with Crippen LogP contribution in [-0.2, 0) is 4.79 Å². The Bertz CT molecular complexity index is 367. The second kappa shape index (κ2) is 8.00. The van der Waals surface area contributed by atoms with Gasteiger partial charge in [0, 0.05) is 5.75 Å². The number of thioether (sulfide) groups is 1. The minimum absolute atomic E-state index is 0.491. The van der Waals surface area contributed by atoms with Gasteiger partial charge in [-0.05, 0) is 31.2 Å². The topological polar surface area (TPSA) is 72.5 Å². The van der Waals surface area contributed by atoms with Crippen LogP contribution in [0.25, 0.3) is 0 Å². The first-order chi connectivity index (χ1) is 8.59. The number of hydrogen-bond acceptors (Lipinski definition) is 4. The van der Waals surface area contributed by atoms with E-state index in [9.17, 15) is 4.79 Å². The quantitative estimate of drug-likeness (QED) is 0.705. The van der Waals surface area contributed by atoms with E-state index in [-0.39, 0.29) is 0 Å². The Hall–Kier alpha value is -1.20. The van der Waals surface area contributed by atoms with Crippen LogP contribution in [0, 0.1) is 6.92 Å². The van der Waals surface area contributed by atoms with Crippen molar-refractivity contribution in [1.82, 2.24) is 0 Å². The van der Waals surface area contributed by atoms with Crippen molar-refractivity contribution in [2.24, 2.45) is 5.73 Å². The maximum absolute atomic E-state index is 10.5. The highest BCUT2D eigenvalue weighted by Crippen LogP contribution is 2.12. The molecular weight excluding hydrogens is 250 g/mol. The molecular formula is C13H19NO3S. The maximum Gasteiger partial charge on any atom is 0.320 e. The van der Waals surface area contributed by atoms with Gasteiger partial charge < -0.3 is 15.6 Å². The van der Waals surface area contributed by atoms with Crippen molar-refractivity contribution in [3.8, 4) is 5.75 Å². The summed E-state index contributed by atoms with van der Waals surface area (Å²) in [5, 5.41) is 8.60. The third-order valence-corrected chi connectivity index (χ3v) is 3.39. The van der Waals surface area contributed by atoms with Crippen molar-refractivity contribution in [2.75, 3.05) is 18.1 Å². The van der Waals surface area contributed by atoms with E-state index < -0.39 is 12.0 Å². The third-order valence-electron chi connectivity index (χ3n) is 2.41. The monoisotopic (exact) mass is 269 g/mol. The van der Waals surface area contributed by atoms with Gasteiger partial charge >= 0.3 is 5.97 Å². The highest BCUT2D eigenvalue weighted by Gasteiger charge is 2.09. The van der Waals surface area contributed by atoms with Crippen LogP contribution in [0.4, 0.5) is 0 Å². The molecule has 1 aromatic rings. The molecule has 0 bridgehead atoms. The lowest BCUT2D eigenvalue weighted by atomic mass is 10.2. The minimum Gasteiger partial charge on any atom is -0.493 e. The molecule has 1 atom stereocenters. The summed E-state index contributed by atoms with van der Waals surface area (Å²) in [7, 11) is 0. The summed E-state index contributed by atoms with van der Waals surface area (Å²) >= 11 is 1.65. The van der Waals surface area contributed by atoms with Crippen LogP contribution in [0.1, 0.15) is 12.0 Å². The van der Waals surface area contributed by atoms with Crippen LogP contribution in [0.2, 0.25) is 0 Å². The van der Waals surface area contributed by atoms with Crippen LogP contribution >= 0.6 is 11.8 Å². The highest BCUT2D eigenvalue weighted by molar-refractivity contribution is 7.99. The first-order valence-corrected chi connectivity index (χ1v) is 7.00. The summed E-state index contributed by atoms with van der Waals surface area (Å²) in [5.74, 6) is 1.50. The largest absolute Gasteiger partial charge is 0.493 e. The number of carboxylic acid groups (broad SMARTS) is 1. The smallest absolute Gasteiger partial charge is 0.320 e. The van der Waals surface area contributed by atoms with E-state index in [4.69, 9.17) is 15.6 Å².